The lowest BCUT2D eigenvalue weighted by molar-refractivity contribution is 0.543. The SMILES string of the molecule is C=Cc1oc(/C=c2\c(=C)oc3ccc(C)cc23)c(C)c1/C=C/C. The molecule has 1 aromatic carbocycles. The first-order valence-corrected chi connectivity index (χ1v) is 7.63. The molecule has 23 heavy (non-hydrogen) atoms. The van der Waals surface area contributed by atoms with Crippen LogP contribution in [0.1, 0.15) is 35.1 Å². The van der Waals surface area contributed by atoms with Crippen molar-refractivity contribution in [3.05, 3.63) is 69.7 Å². The lowest BCUT2D eigenvalue weighted by Crippen LogP contribution is -2.18. The van der Waals surface area contributed by atoms with E-state index in [1.54, 1.807) is 6.08 Å². The molecular formula is C21H20O2. The van der Waals surface area contributed by atoms with Gasteiger partial charge < -0.3 is 8.83 Å². The summed E-state index contributed by atoms with van der Waals surface area (Å²) in [6, 6.07) is 6.12. The second-order valence-electron chi connectivity index (χ2n) is 5.66. The summed E-state index contributed by atoms with van der Waals surface area (Å²) in [6.07, 6.45) is 7.78. The van der Waals surface area contributed by atoms with E-state index in [1.807, 2.05) is 44.2 Å². The zero-order chi connectivity index (χ0) is 16.6. The summed E-state index contributed by atoms with van der Waals surface area (Å²) in [5.74, 6) is 1.59. The zero-order valence-corrected chi connectivity index (χ0v) is 13.8. The van der Waals surface area contributed by atoms with Gasteiger partial charge in [0.25, 0.3) is 0 Å². The third-order valence-electron chi connectivity index (χ3n) is 4.01. The molecule has 0 N–H and O–H groups in total. The van der Waals surface area contributed by atoms with Crippen LogP contribution in [0.2, 0.25) is 0 Å². The van der Waals surface area contributed by atoms with Gasteiger partial charge in [-0.15, -0.1) is 0 Å². The van der Waals surface area contributed by atoms with E-state index in [0.29, 0.717) is 5.42 Å². The van der Waals surface area contributed by atoms with Gasteiger partial charge in [0.2, 0.25) is 0 Å². The second kappa shape index (κ2) is 5.81. The van der Waals surface area contributed by atoms with E-state index in [1.165, 1.54) is 5.56 Å². The number of fused-ring (bicyclic) bond motifs is 1. The van der Waals surface area contributed by atoms with Crippen LogP contribution in [0.15, 0.2) is 39.7 Å². The fourth-order valence-electron chi connectivity index (χ4n) is 2.80. The number of allylic oxidation sites excluding steroid dienone is 1. The van der Waals surface area contributed by atoms with Crippen LogP contribution in [-0.4, -0.2) is 0 Å². The maximum Gasteiger partial charge on any atom is 0.135 e. The third kappa shape index (κ3) is 2.57. The molecule has 0 fully saturated rings. The maximum atomic E-state index is 5.96. The van der Waals surface area contributed by atoms with Crippen LogP contribution < -0.4 is 10.6 Å². The summed E-state index contributed by atoms with van der Waals surface area (Å²) in [6.45, 7) is 14.0. The number of hydrogen-bond acceptors (Lipinski definition) is 2. The van der Waals surface area contributed by atoms with Gasteiger partial charge in [-0.2, -0.15) is 0 Å². The molecule has 2 aromatic heterocycles. The Morgan fingerprint density at radius 1 is 1.09 bits per heavy atom. The molecule has 0 spiro atoms. The fraction of sp³-hybridized carbons (Fsp3) is 0.143. The summed E-state index contributed by atoms with van der Waals surface area (Å²) >= 11 is 0. The lowest BCUT2D eigenvalue weighted by atomic mass is 10.1. The van der Waals surface area contributed by atoms with Crippen LogP contribution in [0.5, 0.6) is 0 Å². The predicted octanol–water partition coefficient (Wildman–Crippen LogP) is 4.56. The lowest BCUT2D eigenvalue weighted by Gasteiger charge is -1.92. The molecule has 3 rings (SSSR count). The molecule has 0 bridgehead atoms. The monoisotopic (exact) mass is 304 g/mol. The first-order valence-electron chi connectivity index (χ1n) is 7.63. The Kier molecular flexibility index (Phi) is 3.83. The number of benzene rings is 1. The van der Waals surface area contributed by atoms with Crippen molar-refractivity contribution in [1.29, 1.82) is 0 Å². The molecule has 0 amide bonds. The average Bonchev–Trinajstić information content (AvgIpc) is 2.99. The highest BCUT2D eigenvalue weighted by Crippen LogP contribution is 2.25. The molecule has 0 unspecified atom stereocenters. The van der Waals surface area contributed by atoms with Crippen molar-refractivity contribution in [3.63, 3.8) is 0 Å². The summed E-state index contributed by atoms with van der Waals surface area (Å²) in [5.41, 5.74) is 4.82. The molecule has 3 aromatic rings. The van der Waals surface area contributed by atoms with E-state index in [0.717, 1.165) is 38.8 Å². The van der Waals surface area contributed by atoms with Crippen molar-refractivity contribution in [3.8, 4) is 0 Å². The minimum Gasteiger partial charge on any atom is -0.457 e. The molecule has 2 heteroatoms. The van der Waals surface area contributed by atoms with Gasteiger partial charge in [0.15, 0.2) is 0 Å². The molecule has 0 aliphatic heterocycles. The van der Waals surface area contributed by atoms with E-state index >= 15 is 0 Å². The maximum absolute atomic E-state index is 5.96. The minimum atomic E-state index is 0.647. The van der Waals surface area contributed by atoms with E-state index in [-0.39, 0.29) is 0 Å². The van der Waals surface area contributed by atoms with Crippen molar-refractivity contribution in [2.45, 2.75) is 20.8 Å². The first-order chi connectivity index (χ1) is 11.0. The fourth-order valence-corrected chi connectivity index (χ4v) is 2.80. The van der Waals surface area contributed by atoms with Crippen LogP contribution in [0.3, 0.4) is 0 Å². The molecule has 0 radical (unpaired) electrons. The van der Waals surface area contributed by atoms with Crippen molar-refractivity contribution in [2.24, 2.45) is 0 Å². The van der Waals surface area contributed by atoms with Crippen LogP contribution in [0, 0.1) is 13.8 Å². The molecule has 0 saturated heterocycles. The zero-order valence-electron chi connectivity index (χ0n) is 13.8. The summed E-state index contributed by atoms with van der Waals surface area (Å²) in [4.78, 5) is 0. The van der Waals surface area contributed by atoms with Crippen LogP contribution >= 0.6 is 0 Å². The number of hydrogen-bond donors (Lipinski definition) is 0. The van der Waals surface area contributed by atoms with Crippen LogP contribution in [0.4, 0.5) is 0 Å². The number of rotatable bonds is 3. The van der Waals surface area contributed by atoms with Gasteiger partial charge in [0, 0.05) is 21.7 Å². The van der Waals surface area contributed by atoms with Gasteiger partial charge in [-0.1, -0.05) is 36.9 Å². The Balaban J connectivity index is 2.32. The topological polar surface area (TPSA) is 26.3 Å². The van der Waals surface area contributed by atoms with Gasteiger partial charge in [-0.05, 0) is 45.1 Å². The quantitative estimate of drug-likeness (QED) is 0.709. The Hall–Kier alpha value is -2.74. The van der Waals surface area contributed by atoms with Gasteiger partial charge in [-0.25, -0.2) is 0 Å². The minimum absolute atomic E-state index is 0.647. The van der Waals surface area contributed by atoms with Gasteiger partial charge in [-0.3, -0.25) is 0 Å². The number of furan rings is 2. The second-order valence-corrected chi connectivity index (χ2v) is 5.66. The smallest absolute Gasteiger partial charge is 0.135 e. The van der Waals surface area contributed by atoms with Gasteiger partial charge >= 0.3 is 0 Å². The molecule has 0 saturated carbocycles. The largest absolute Gasteiger partial charge is 0.457 e. The predicted molar refractivity (Wildman–Crippen MR) is 97.5 cm³/mol. The van der Waals surface area contributed by atoms with E-state index < -0.39 is 0 Å². The summed E-state index contributed by atoms with van der Waals surface area (Å²) < 4.78 is 11.7. The highest BCUT2D eigenvalue weighted by atomic mass is 16.3. The third-order valence-corrected chi connectivity index (χ3v) is 4.01. The standard InChI is InChI=1S/C21H20O2/c1-6-8-16-14(4)21(23-19(16)7-2)12-17-15(5)22-20-10-9-13(3)11-18(17)20/h6-12H,2,5H2,1,3-4H3/b8-6+,17-12+. The van der Waals surface area contributed by atoms with E-state index in [4.69, 9.17) is 8.83 Å². The number of aryl methyl sites for hydroxylation is 1. The van der Waals surface area contributed by atoms with E-state index in [9.17, 15) is 0 Å². The van der Waals surface area contributed by atoms with Crippen LogP contribution in [-0.2, 0) is 0 Å². The van der Waals surface area contributed by atoms with Crippen molar-refractivity contribution >= 4 is 35.8 Å². The highest BCUT2D eigenvalue weighted by molar-refractivity contribution is 5.81. The van der Waals surface area contributed by atoms with Gasteiger partial charge in [0.05, 0.1) is 0 Å². The summed E-state index contributed by atoms with van der Waals surface area (Å²) in [5, 5.41) is 2.02. The summed E-state index contributed by atoms with van der Waals surface area (Å²) in [7, 11) is 0. The Labute approximate surface area is 135 Å². The highest BCUT2D eigenvalue weighted by Gasteiger charge is 2.12. The molecule has 2 heterocycles. The van der Waals surface area contributed by atoms with E-state index in [2.05, 4.69) is 26.1 Å². The Morgan fingerprint density at radius 3 is 2.57 bits per heavy atom. The van der Waals surface area contributed by atoms with Crippen molar-refractivity contribution in [1.82, 2.24) is 0 Å². The normalized spacial score (nSPS) is 12.6. The molecule has 0 aliphatic carbocycles. The molecule has 2 nitrogen and oxygen atoms in total. The first kappa shape index (κ1) is 15.2. The van der Waals surface area contributed by atoms with Crippen molar-refractivity contribution in [2.75, 3.05) is 0 Å². The molecular weight excluding hydrogens is 284 g/mol. The molecule has 0 aliphatic rings. The molecule has 116 valence electrons. The Morgan fingerprint density at radius 2 is 1.87 bits per heavy atom. The molecule has 0 atom stereocenters. The van der Waals surface area contributed by atoms with Crippen molar-refractivity contribution < 1.29 is 8.83 Å². The average molecular weight is 304 g/mol. The van der Waals surface area contributed by atoms with Gasteiger partial charge in [0.1, 0.15) is 22.5 Å². The van der Waals surface area contributed by atoms with Crippen LogP contribution in [0.25, 0.3) is 35.8 Å². The Bertz CT molecular complexity index is 1030.